The molecule has 6 heteroatoms. The summed E-state index contributed by atoms with van der Waals surface area (Å²) in [5.74, 6) is 5.24. The highest BCUT2D eigenvalue weighted by Crippen LogP contribution is 2.26. The highest BCUT2D eigenvalue weighted by Gasteiger charge is 2.46. The summed E-state index contributed by atoms with van der Waals surface area (Å²) in [6.07, 6.45) is -1.70. The van der Waals surface area contributed by atoms with Crippen LogP contribution in [0.2, 0.25) is 0 Å². The molecule has 5 atom stereocenters. The predicted octanol–water partition coefficient (Wildman–Crippen LogP) is 0.0566. The van der Waals surface area contributed by atoms with Gasteiger partial charge < -0.3 is 18.9 Å². The summed E-state index contributed by atoms with van der Waals surface area (Å²) in [5.41, 5.74) is 0. The van der Waals surface area contributed by atoms with E-state index in [2.05, 4.69) is 0 Å². The van der Waals surface area contributed by atoms with E-state index in [0.717, 1.165) is 0 Å². The Bertz CT molecular complexity index is 204. The van der Waals surface area contributed by atoms with Crippen molar-refractivity contribution >= 4 is 0 Å². The minimum absolute atomic E-state index is 0.210. The lowest BCUT2D eigenvalue weighted by molar-refractivity contribution is -0.307. The van der Waals surface area contributed by atoms with Gasteiger partial charge >= 0.3 is 0 Å². The van der Waals surface area contributed by atoms with Gasteiger partial charge in [-0.25, -0.2) is 5.90 Å². The molecule has 0 aliphatic carbocycles. The highest BCUT2D eigenvalue weighted by atomic mass is 16.7. The van der Waals surface area contributed by atoms with Crippen LogP contribution >= 0.6 is 0 Å². The lowest BCUT2D eigenvalue weighted by Gasteiger charge is -2.43. The molecule has 0 amide bonds. The Morgan fingerprint density at radius 1 is 1.12 bits per heavy atom. The van der Waals surface area contributed by atoms with Crippen molar-refractivity contribution in [2.24, 2.45) is 5.90 Å². The first-order chi connectivity index (χ1) is 7.69. The molecule has 0 unspecified atom stereocenters. The third-order valence-electron chi connectivity index (χ3n) is 2.76. The normalized spacial score (nSPS) is 39.9. The van der Waals surface area contributed by atoms with Gasteiger partial charge in [-0.05, 0) is 13.8 Å². The number of methoxy groups -OCH3 is 2. The van der Waals surface area contributed by atoms with E-state index in [-0.39, 0.29) is 24.4 Å². The molecule has 0 radical (unpaired) electrons. The number of rotatable bonds is 5. The van der Waals surface area contributed by atoms with Crippen molar-refractivity contribution in [3.63, 3.8) is 0 Å². The molecule has 0 aromatic rings. The van der Waals surface area contributed by atoms with Crippen LogP contribution < -0.4 is 5.90 Å². The Morgan fingerprint density at radius 2 is 1.75 bits per heavy atom. The molecule has 6 nitrogen and oxygen atoms in total. The van der Waals surface area contributed by atoms with Crippen molar-refractivity contribution in [1.29, 1.82) is 0 Å². The molecule has 1 heterocycles. The molecule has 1 aliphatic heterocycles. The lowest BCUT2D eigenvalue weighted by atomic mass is 9.99. The van der Waals surface area contributed by atoms with E-state index in [1.807, 2.05) is 13.8 Å². The van der Waals surface area contributed by atoms with E-state index < -0.39 is 6.29 Å². The van der Waals surface area contributed by atoms with Gasteiger partial charge in [-0.2, -0.15) is 0 Å². The van der Waals surface area contributed by atoms with Gasteiger partial charge in [0.2, 0.25) is 0 Å². The third kappa shape index (κ3) is 2.71. The zero-order valence-corrected chi connectivity index (χ0v) is 10.2. The van der Waals surface area contributed by atoms with Crippen molar-refractivity contribution in [3.05, 3.63) is 0 Å². The second-order valence-electron chi connectivity index (χ2n) is 3.67. The highest BCUT2D eigenvalue weighted by molar-refractivity contribution is 4.90. The Labute approximate surface area is 95.9 Å². The number of ether oxygens (including phenoxy) is 4. The fraction of sp³-hybridized carbons (Fsp3) is 1.00. The van der Waals surface area contributed by atoms with Gasteiger partial charge in [-0.15, -0.1) is 0 Å². The molecule has 1 saturated heterocycles. The van der Waals surface area contributed by atoms with Crippen LogP contribution in [-0.2, 0) is 23.8 Å². The van der Waals surface area contributed by atoms with E-state index in [0.29, 0.717) is 6.61 Å². The summed E-state index contributed by atoms with van der Waals surface area (Å²) in [6, 6.07) is 0. The van der Waals surface area contributed by atoms with Gasteiger partial charge in [-0.3, -0.25) is 4.84 Å². The van der Waals surface area contributed by atoms with E-state index >= 15 is 0 Å². The fourth-order valence-corrected chi connectivity index (χ4v) is 1.98. The molecule has 1 rings (SSSR count). The minimum atomic E-state index is -0.457. The van der Waals surface area contributed by atoms with Crippen LogP contribution in [0.5, 0.6) is 0 Å². The van der Waals surface area contributed by atoms with Gasteiger partial charge in [0.1, 0.15) is 18.3 Å². The Kier molecular flexibility index (Phi) is 5.60. The summed E-state index contributed by atoms with van der Waals surface area (Å²) < 4.78 is 21.8. The van der Waals surface area contributed by atoms with Crippen molar-refractivity contribution in [1.82, 2.24) is 0 Å². The van der Waals surface area contributed by atoms with Crippen molar-refractivity contribution in [2.45, 2.75) is 44.6 Å². The summed E-state index contributed by atoms with van der Waals surface area (Å²) in [6.45, 7) is 4.30. The van der Waals surface area contributed by atoms with Gasteiger partial charge in [0, 0.05) is 20.8 Å². The smallest absolute Gasteiger partial charge is 0.186 e. The summed E-state index contributed by atoms with van der Waals surface area (Å²) in [5, 5.41) is 0. The van der Waals surface area contributed by atoms with Crippen LogP contribution in [0.15, 0.2) is 0 Å². The molecule has 0 aromatic heterocycles. The second kappa shape index (κ2) is 6.48. The largest absolute Gasteiger partial charge is 0.376 e. The molecule has 0 aromatic carbocycles. The first-order valence-electron chi connectivity index (χ1n) is 5.37. The first kappa shape index (κ1) is 13.8. The van der Waals surface area contributed by atoms with Crippen molar-refractivity contribution in [2.75, 3.05) is 20.8 Å². The van der Waals surface area contributed by atoms with Crippen LogP contribution in [0.25, 0.3) is 0 Å². The SMILES string of the molecule is CCO[C@@H]1O[C@H](C)[C@@H](ON)[C@@H](OC)[C@H]1OC. The van der Waals surface area contributed by atoms with Crippen LogP contribution in [0.3, 0.4) is 0 Å². The molecule has 0 spiro atoms. The maximum absolute atomic E-state index is 5.63. The fourth-order valence-electron chi connectivity index (χ4n) is 1.98. The molecular formula is C10H21NO5. The zero-order valence-electron chi connectivity index (χ0n) is 10.2. The summed E-state index contributed by atoms with van der Waals surface area (Å²) in [4.78, 5) is 4.88. The number of nitrogens with two attached hydrogens (primary N) is 1. The molecule has 16 heavy (non-hydrogen) atoms. The summed E-state index contributed by atoms with van der Waals surface area (Å²) >= 11 is 0. The molecule has 96 valence electrons. The number of hydrogen-bond acceptors (Lipinski definition) is 6. The number of hydrogen-bond donors (Lipinski definition) is 1. The molecule has 1 aliphatic rings. The monoisotopic (exact) mass is 235 g/mol. The van der Waals surface area contributed by atoms with E-state index in [4.69, 9.17) is 29.7 Å². The quantitative estimate of drug-likeness (QED) is 0.679. The van der Waals surface area contributed by atoms with E-state index in [1.54, 1.807) is 14.2 Å². The lowest BCUT2D eigenvalue weighted by Crippen LogP contribution is -2.60. The minimum Gasteiger partial charge on any atom is -0.376 e. The van der Waals surface area contributed by atoms with Gasteiger partial charge in [-0.1, -0.05) is 0 Å². The molecule has 1 fully saturated rings. The van der Waals surface area contributed by atoms with Gasteiger partial charge in [0.25, 0.3) is 0 Å². The van der Waals surface area contributed by atoms with Gasteiger partial charge in [0.15, 0.2) is 6.29 Å². The van der Waals surface area contributed by atoms with Crippen LogP contribution in [0.4, 0.5) is 0 Å². The average Bonchev–Trinajstić information content (AvgIpc) is 2.28. The maximum atomic E-state index is 5.63. The standard InChI is InChI=1S/C10H21NO5/c1-5-14-10-9(13-4)8(12-3)7(16-11)6(2)15-10/h6-10H,5,11H2,1-4H3/t6-,7-,8-,9-,10-/m1/s1. The topological polar surface area (TPSA) is 72.2 Å². The third-order valence-corrected chi connectivity index (χ3v) is 2.76. The Morgan fingerprint density at radius 3 is 2.19 bits per heavy atom. The zero-order chi connectivity index (χ0) is 12.1. The van der Waals surface area contributed by atoms with Crippen LogP contribution in [0, 0.1) is 0 Å². The maximum Gasteiger partial charge on any atom is 0.186 e. The van der Waals surface area contributed by atoms with Crippen molar-refractivity contribution in [3.8, 4) is 0 Å². The van der Waals surface area contributed by atoms with E-state index in [1.165, 1.54) is 0 Å². The first-order valence-corrected chi connectivity index (χ1v) is 5.37. The summed E-state index contributed by atoms with van der Waals surface area (Å²) in [7, 11) is 3.17. The van der Waals surface area contributed by atoms with E-state index in [9.17, 15) is 0 Å². The Hall–Kier alpha value is -0.240. The van der Waals surface area contributed by atoms with Crippen molar-refractivity contribution < 1.29 is 23.8 Å². The average molecular weight is 235 g/mol. The predicted molar refractivity (Wildman–Crippen MR) is 56.6 cm³/mol. The van der Waals surface area contributed by atoms with Crippen LogP contribution in [-0.4, -0.2) is 51.5 Å². The molecular weight excluding hydrogens is 214 g/mol. The Balaban J connectivity index is 2.78. The van der Waals surface area contributed by atoms with Crippen LogP contribution in [0.1, 0.15) is 13.8 Å². The molecule has 0 saturated carbocycles. The van der Waals surface area contributed by atoms with Gasteiger partial charge in [0.05, 0.1) is 6.10 Å². The molecule has 2 N–H and O–H groups in total. The second-order valence-corrected chi connectivity index (χ2v) is 3.67. The molecule has 0 bridgehead atoms.